The molecule has 0 aliphatic rings. The molecule has 2 aromatic carbocycles. The van der Waals surface area contributed by atoms with Crippen molar-refractivity contribution in [2.45, 2.75) is 0 Å². The van der Waals surface area contributed by atoms with Crippen LogP contribution in [0.5, 0.6) is 11.5 Å². The van der Waals surface area contributed by atoms with E-state index in [-0.39, 0.29) is 0 Å². The van der Waals surface area contributed by atoms with Gasteiger partial charge in [-0.15, -0.1) is 0 Å². The highest BCUT2D eigenvalue weighted by molar-refractivity contribution is 7.11. The summed E-state index contributed by atoms with van der Waals surface area (Å²) in [4.78, 5) is 0. The number of fused-ring (bicyclic) bond motifs is 1. The first-order valence-electron chi connectivity index (χ1n) is 5.41. The predicted octanol–water partition coefficient (Wildman–Crippen LogP) is 3.25. The van der Waals surface area contributed by atoms with E-state index in [4.69, 9.17) is 16.2 Å². The number of aromatic nitrogens is 1. The van der Waals surface area contributed by atoms with Gasteiger partial charge in [-0.2, -0.15) is 4.37 Å². The molecule has 0 spiro atoms. The minimum absolute atomic E-state index is 0.607. The molecule has 1 aromatic heterocycles. The first kappa shape index (κ1) is 10.9. The van der Waals surface area contributed by atoms with Crippen LogP contribution < -0.4 is 16.2 Å². The van der Waals surface area contributed by atoms with Crippen LogP contribution in [0.1, 0.15) is 0 Å². The number of benzene rings is 2. The molecule has 0 fully saturated rings. The molecule has 0 atom stereocenters. The van der Waals surface area contributed by atoms with E-state index in [2.05, 4.69) is 4.37 Å². The van der Waals surface area contributed by atoms with Crippen LogP contribution in [-0.2, 0) is 0 Å². The molecule has 0 radical (unpaired) electrons. The highest BCUT2D eigenvalue weighted by Crippen LogP contribution is 2.31. The Morgan fingerprint density at radius 1 is 1.06 bits per heavy atom. The van der Waals surface area contributed by atoms with Crippen LogP contribution in [0.4, 0.5) is 10.7 Å². The fourth-order valence-electron chi connectivity index (χ4n) is 1.71. The molecule has 4 N–H and O–H groups in total. The lowest BCUT2D eigenvalue weighted by Crippen LogP contribution is -1.91. The second kappa shape index (κ2) is 4.19. The number of para-hydroxylation sites is 2. The van der Waals surface area contributed by atoms with E-state index in [1.165, 1.54) is 11.5 Å². The third-order valence-electron chi connectivity index (χ3n) is 2.62. The Morgan fingerprint density at radius 2 is 1.89 bits per heavy atom. The van der Waals surface area contributed by atoms with Gasteiger partial charge in [0.15, 0.2) is 0 Å². The average molecular weight is 257 g/mol. The summed E-state index contributed by atoms with van der Waals surface area (Å²) in [6.07, 6.45) is 0. The van der Waals surface area contributed by atoms with Gasteiger partial charge in [-0.3, -0.25) is 0 Å². The van der Waals surface area contributed by atoms with Gasteiger partial charge in [-0.05, 0) is 35.8 Å². The first-order chi connectivity index (χ1) is 8.74. The minimum Gasteiger partial charge on any atom is -0.455 e. The van der Waals surface area contributed by atoms with Crippen molar-refractivity contribution in [1.29, 1.82) is 0 Å². The SMILES string of the molecule is Nc1ccccc1Oc1ccc2c(N)snc2c1. The normalized spacial score (nSPS) is 10.7. The molecular weight excluding hydrogens is 246 g/mol. The molecule has 3 aromatic rings. The maximum Gasteiger partial charge on any atom is 0.150 e. The van der Waals surface area contributed by atoms with Gasteiger partial charge in [0.1, 0.15) is 16.5 Å². The molecule has 90 valence electrons. The van der Waals surface area contributed by atoms with Crippen LogP contribution in [0, 0.1) is 0 Å². The van der Waals surface area contributed by atoms with Crippen molar-refractivity contribution < 1.29 is 4.74 Å². The molecule has 1 heterocycles. The van der Waals surface area contributed by atoms with E-state index in [0.29, 0.717) is 17.2 Å². The monoisotopic (exact) mass is 257 g/mol. The maximum absolute atomic E-state index is 5.83. The molecule has 4 nitrogen and oxygen atoms in total. The smallest absolute Gasteiger partial charge is 0.150 e. The van der Waals surface area contributed by atoms with E-state index < -0.39 is 0 Å². The van der Waals surface area contributed by atoms with Crippen LogP contribution in [0.3, 0.4) is 0 Å². The Hall–Kier alpha value is -2.27. The number of hydrogen-bond acceptors (Lipinski definition) is 5. The lowest BCUT2D eigenvalue weighted by Gasteiger charge is -2.07. The molecule has 0 aliphatic carbocycles. The Kier molecular flexibility index (Phi) is 2.53. The second-order valence-corrected chi connectivity index (χ2v) is 4.67. The lowest BCUT2D eigenvalue weighted by atomic mass is 10.2. The third-order valence-corrected chi connectivity index (χ3v) is 3.33. The number of hydrogen-bond donors (Lipinski definition) is 2. The average Bonchev–Trinajstić information content (AvgIpc) is 2.74. The van der Waals surface area contributed by atoms with Crippen molar-refractivity contribution in [3.05, 3.63) is 42.5 Å². The third kappa shape index (κ3) is 1.84. The summed E-state index contributed by atoms with van der Waals surface area (Å²) < 4.78 is 9.97. The van der Waals surface area contributed by atoms with Crippen molar-refractivity contribution in [2.24, 2.45) is 0 Å². The molecule has 0 bridgehead atoms. The van der Waals surface area contributed by atoms with Gasteiger partial charge in [-0.25, -0.2) is 0 Å². The van der Waals surface area contributed by atoms with Gasteiger partial charge in [0.05, 0.1) is 11.2 Å². The topological polar surface area (TPSA) is 74.2 Å². The van der Waals surface area contributed by atoms with Gasteiger partial charge >= 0.3 is 0 Å². The Morgan fingerprint density at radius 3 is 2.72 bits per heavy atom. The van der Waals surface area contributed by atoms with Crippen molar-refractivity contribution in [3.63, 3.8) is 0 Å². The van der Waals surface area contributed by atoms with E-state index >= 15 is 0 Å². The fourth-order valence-corrected chi connectivity index (χ4v) is 2.33. The van der Waals surface area contributed by atoms with Crippen LogP contribution in [0.2, 0.25) is 0 Å². The van der Waals surface area contributed by atoms with Crippen molar-refractivity contribution >= 4 is 33.1 Å². The largest absolute Gasteiger partial charge is 0.455 e. The molecule has 18 heavy (non-hydrogen) atoms. The van der Waals surface area contributed by atoms with Crippen LogP contribution in [0.15, 0.2) is 42.5 Å². The Bertz CT molecular complexity index is 708. The van der Waals surface area contributed by atoms with Gasteiger partial charge < -0.3 is 16.2 Å². The number of nitrogens with zero attached hydrogens (tertiary/aromatic N) is 1. The van der Waals surface area contributed by atoms with Crippen molar-refractivity contribution in [2.75, 3.05) is 11.5 Å². The zero-order valence-electron chi connectivity index (χ0n) is 9.46. The zero-order valence-corrected chi connectivity index (χ0v) is 10.3. The number of nitrogen functional groups attached to an aromatic ring is 2. The molecule has 5 heteroatoms. The zero-order chi connectivity index (χ0) is 12.5. The molecule has 0 unspecified atom stereocenters. The molecule has 3 rings (SSSR count). The molecule has 0 amide bonds. The number of anilines is 2. The second-order valence-electron chi connectivity index (χ2n) is 3.87. The van der Waals surface area contributed by atoms with E-state index in [1.807, 2.05) is 36.4 Å². The quantitative estimate of drug-likeness (QED) is 0.691. The lowest BCUT2D eigenvalue weighted by molar-refractivity contribution is 0.486. The van der Waals surface area contributed by atoms with E-state index in [1.54, 1.807) is 6.07 Å². The molecule has 0 aliphatic heterocycles. The summed E-state index contributed by atoms with van der Waals surface area (Å²) in [5, 5.41) is 1.67. The molecule has 0 saturated heterocycles. The number of ether oxygens (including phenoxy) is 1. The Labute approximate surface area is 108 Å². The van der Waals surface area contributed by atoms with Gasteiger partial charge in [0, 0.05) is 11.5 Å². The standard InChI is InChI=1S/C13H11N3OS/c14-10-3-1-2-4-12(10)17-8-5-6-9-11(7-8)16-18-13(9)15/h1-7H,14-15H2. The number of nitrogens with two attached hydrogens (primary N) is 2. The fraction of sp³-hybridized carbons (Fsp3) is 0. The van der Waals surface area contributed by atoms with Crippen LogP contribution in [0.25, 0.3) is 10.9 Å². The first-order valence-corrected chi connectivity index (χ1v) is 6.18. The van der Waals surface area contributed by atoms with Crippen molar-refractivity contribution in [1.82, 2.24) is 4.37 Å². The highest BCUT2D eigenvalue weighted by Gasteiger charge is 2.06. The summed E-state index contributed by atoms with van der Waals surface area (Å²) >= 11 is 1.28. The highest BCUT2D eigenvalue weighted by atomic mass is 32.1. The van der Waals surface area contributed by atoms with Crippen LogP contribution >= 0.6 is 11.5 Å². The van der Waals surface area contributed by atoms with Gasteiger partial charge in [0.25, 0.3) is 0 Å². The maximum atomic E-state index is 5.83. The summed E-state index contributed by atoms with van der Waals surface area (Å²) in [6.45, 7) is 0. The van der Waals surface area contributed by atoms with Gasteiger partial charge in [0.2, 0.25) is 0 Å². The molecule has 0 saturated carbocycles. The summed E-state index contributed by atoms with van der Waals surface area (Å²) in [7, 11) is 0. The minimum atomic E-state index is 0.607. The van der Waals surface area contributed by atoms with E-state index in [0.717, 1.165) is 15.9 Å². The van der Waals surface area contributed by atoms with E-state index in [9.17, 15) is 0 Å². The summed E-state index contributed by atoms with van der Waals surface area (Å²) in [6, 6.07) is 13.0. The predicted molar refractivity (Wildman–Crippen MR) is 75.0 cm³/mol. The Balaban J connectivity index is 1.98. The summed E-state index contributed by atoms with van der Waals surface area (Å²) in [5.74, 6) is 1.34. The number of rotatable bonds is 2. The van der Waals surface area contributed by atoms with Crippen LogP contribution in [-0.4, -0.2) is 4.37 Å². The summed E-state index contributed by atoms with van der Waals surface area (Å²) in [5.41, 5.74) is 13.1. The molecular formula is C13H11N3OS. The van der Waals surface area contributed by atoms with Crippen molar-refractivity contribution in [3.8, 4) is 11.5 Å². The van der Waals surface area contributed by atoms with Gasteiger partial charge in [-0.1, -0.05) is 12.1 Å².